The topological polar surface area (TPSA) is 93.2 Å². The van der Waals surface area contributed by atoms with Crippen LogP contribution in [0.2, 0.25) is 0 Å². The van der Waals surface area contributed by atoms with Crippen LogP contribution < -0.4 is 11.1 Å². The lowest BCUT2D eigenvalue weighted by Crippen LogP contribution is -2.34. The van der Waals surface area contributed by atoms with E-state index in [2.05, 4.69) is 10.4 Å². The molecule has 1 unspecified atom stereocenters. The zero-order valence-electron chi connectivity index (χ0n) is 9.39. The molecule has 0 saturated carbocycles. The number of rotatable bonds is 6. The van der Waals surface area contributed by atoms with Gasteiger partial charge in [-0.2, -0.15) is 5.10 Å². The maximum Gasteiger partial charge on any atom is 0.241 e. The van der Waals surface area contributed by atoms with E-state index >= 15 is 0 Å². The van der Waals surface area contributed by atoms with E-state index in [1.807, 2.05) is 6.92 Å². The van der Waals surface area contributed by atoms with E-state index in [1.54, 1.807) is 6.20 Å². The van der Waals surface area contributed by atoms with Crippen LogP contribution in [0.4, 0.5) is 5.69 Å². The average molecular weight is 226 g/mol. The Balaban J connectivity index is 2.26. The quantitative estimate of drug-likeness (QED) is 0.623. The molecule has 0 fully saturated rings. The summed E-state index contributed by atoms with van der Waals surface area (Å²) < 4.78 is 1.46. The first kappa shape index (κ1) is 12.5. The summed E-state index contributed by atoms with van der Waals surface area (Å²) in [5, 5.41) is 15.9. The van der Waals surface area contributed by atoms with Gasteiger partial charge in [0.2, 0.25) is 5.91 Å². The minimum atomic E-state index is -0.475. The van der Waals surface area contributed by atoms with Crippen LogP contribution in [0.15, 0.2) is 12.4 Å². The number of hydrogen-bond acceptors (Lipinski definition) is 4. The minimum Gasteiger partial charge on any atom is -0.396 e. The average Bonchev–Trinajstić information content (AvgIpc) is 2.61. The number of amides is 1. The van der Waals surface area contributed by atoms with Gasteiger partial charge in [-0.25, -0.2) is 0 Å². The second-order valence-electron chi connectivity index (χ2n) is 3.72. The molecule has 1 rings (SSSR count). The van der Waals surface area contributed by atoms with Crippen molar-refractivity contribution in [3.05, 3.63) is 12.4 Å². The van der Waals surface area contributed by atoms with Crippen LogP contribution in [-0.4, -0.2) is 33.4 Å². The Morgan fingerprint density at radius 3 is 3.06 bits per heavy atom. The maximum atomic E-state index is 11.4. The Hall–Kier alpha value is -1.56. The number of nitrogens with zero attached hydrogens (tertiary/aromatic N) is 2. The van der Waals surface area contributed by atoms with Gasteiger partial charge in [-0.1, -0.05) is 13.3 Å². The highest BCUT2D eigenvalue weighted by Gasteiger charge is 2.07. The van der Waals surface area contributed by atoms with E-state index in [0.29, 0.717) is 12.1 Å². The number of aliphatic hydroxyl groups is 1. The third-order valence-electron chi connectivity index (χ3n) is 2.12. The molecule has 0 bridgehead atoms. The van der Waals surface area contributed by atoms with Crippen molar-refractivity contribution in [2.24, 2.45) is 0 Å². The highest BCUT2D eigenvalue weighted by Crippen LogP contribution is 1.97. The third-order valence-corrected chi connectivity index (χ3v) is 2.12. The molecule has 0 aliphatic heterocycles. The van der Waals surface area contributed by atoms with Gasteiger partial charge in [0, 0.05) is 12.7 Å². The SMILES string of the molecule is CCCC(O)CNC(=O)Cn1cc(N)cn1. The molecule has 4 N–H and O–H groups in total. The fraction of sp³-hybridized carbons (Fsp3) is 0.600. The van der Waals surface area contributed by atoms with Crippen molar-refractivity contribution in [3.8, 4) is 0 Å². The number of nitrogen functional groups attached to an aromatic ring is 1. The second kappa shape index (κ2) is 6.12. The van der Waals surface area contributed by atoms with Crippen molar-refractivity contribution in [1.82, 2.24) is 15.1 Å². The molecule has 0 spiro atoms. The summed E-state index contributed by atoms with van der Waals surface area (Å²) in [5.74, 6) is -0.182. The van der Waals surface area contributed by atoms with Gasteiger partial charge in [0.1, 0.15) is 6.54 Å². The summed E-state index contributed by atoms with van der Waals surface area (Å²) in [6.45, 7) is 2.39. The van der Waals surface area contributed by atoms with E-state index in [1.165, 1.54) is 10.9 Å². The Labute approximate surface area is 94.4 Å². The fourth-order valence-corrected chi connectivity index (χ4v) is 1.34. The van der Waals surface area contributed by atoms with Crippen molar-refractivity contribution >= 4 is 11.6 Å². The predicted molar refractivity (Wildman–Crippen MR) is 60.6 cm³/mol. The van der Waals surface area contributed by atoms with Crippen molar-refractivity contribution < 1.29 is 9.90 Å². The van der Waals surface area contributed by atoms with Gasteiger partial charge in [0.05, 0.1) is 18.0 Å². The molecule has 0 aromatic carbocycles. The van der Waals surface area contributed by atoms with Gasteiger partial charge in [0.15, 0.2) is 0 Å². The van der Waals surface area contributed by atoms with E-state index in [4.69, 9.17) is 5.73 Å². The molecule has 1 aromatic rings. The second-order valence-corrected chi connectivity index (χ2v) is 3.72. The lowest BCUT2D eigenvalue weighted by atomic mass is 10.2. The van der Waals surface area contributed by atoms with Gasteiger partial charge in [-0.3, -0.25) is 9.48 Å². The molecule has 0 radical (unpaired) electrons. The van der Waals surface area contributed by atoms with Gasteiger partial charge in [-0.15, -0.1) is 0 Å². The van der Waals surface area contributed by atoms with Crippen LogP contribution in [0, 0.1) is 0 Å². The van der Waals surface area contributed by atoms with E-state index in [-0.39, 0.29) is 19.0 Å². The lowest BCUT2D eigenvalue weighted by molar-refractivity contribution is -0.122. The molecular weight excluding hydrogens is 208 g/mol. The largest absolute Gasteiger partial charge is 0.396 e. The Kier molecular flexibility index (Phi) is 4.78. The van der Waals surface area contributed by atoms with Crippen molar-refractivity contribution in [1.29, 1.82) is 0 Å². The molecule has 0 aliphatic carbocycles. The molecule has 1 aromatic heterocycles. The number of anilines is 1. The summed E-state index contributed by atoms with van der Waals surface area (Å²) in [6.07, 6.45) is 4.18. The lowest BCUT2D eigenvalue weighted by Gasteiger charge is -2.10. The zero-order valence-corrected chi connectivity index (χ0v) is 9.39. The van der Waals surface area contributed by atoms with Gasteiger partial charge < -0.3 is 16.2 Å². The molecule has 0 saturated heterocycles. The van der Waals surface area contributed by atoms with Crippen LogP contribution >= 0.6 is 0 Å². The van der Waals surface area contributed by atoms with Crippen molar-refractivity contribution in [3.63, 3.8) is 0 Å². The molecular formula is C10H18N4O2. The van der Waals surface area contributed by atoms with Crippen LogP contribution in [0.5, 0.6) is 0 Å². The summed E-state index contributed by atoms with van der Waals surface area (Å²) in [6, 6.07) is 0. The summed E-state index contributed by atoms with van der Waals surface area (Å²) in [4.78, 5) is 11.4. The molecule has 1 heterocycles. The summed E-state index contributed by atoms with van der Waals surface area (Å²) in [7, 11) is 0. The maximum absolute atomic E-state index is 11.4. The van der Waals surface area contributed by atoms with Gasteiger partial charge in [-0.05, 0) is 6.42 Å². The summed E-state index contributed by atoms with van der Waals surface area (Å²) >= 11 is 0. The Morgan fingerprint density at radius 2 is 2.50 bits per heavy atom. The number of aromatic nitrogens is 2. The first-order valence-electron chi connectivity index (χ1n) is 5.34. The van der Waals surface area contributed by atoms with Crippen LogP contribution in [-0.2, 0) is 11.3 Å². The fourth-order valence-electron chi connectivity index (χ4n) is 1.34. The van der Waals surface area contributed by atoms with Crippen LogP contribution in [0.1, 0.15) is 19.8 Å². The molecule has 6 nitrogen and oxygen atoms in total. The molecule has 16 heavy (non-hydrogen) atoms. The van der Waals surface area contributed by atoms with Gasteiger partial charge in [0.25, 0.3) is 0 Å². The molecule has 1 amide bonds. The van der Waals surface area contributed by atoms with Crippen molar-refractivity contribution in [2.75, 3.05) is 12.3 Å². The van der Waals surface area contributed by atoms with Crippen molar-refractivity contribution in [2.45, 2.75) is 32.4 Å². The molecule has 1 atom stereocenters. The minimum absolute atomic E-state index is 0.121. The van der Waals surface area contributed by atoms with Crippen LogP contribution in [0.25, 0.3) is 0 Å². The Morgan fingerprint density at radius 1 is 1.75 bits per heavy atom. The molecule has 90 valence electrons. The summed E-state index contributed by atoms with van der Waals surface area (Å²) in [5.41, 5.74) is 5.99. The first-order chi connectivity index (χ1) is 7.61. The zero-order chi connectivity index (χ0) is 12.0. The number of nitrogens with one attached hydrogen (secondary N) is 1. The van der Waals surface area contributed by atoms with E-state index in [0.717, 1.165) is 6.42 Å². The molecule has 0 aliphatic rings. The monoisotopic (exact) mass is 226 g/mol. The smallest absolute Gasteiger partial charge is 0.241 e. The normalized spacial score (nSPS) is 12.4. The Bertz CT molecular complexity index is 337. The highest BCUT2D eigenvalue weighted by molar-refractivity contribution is 5.75. The number of nitrogens with two attached hydrogens (primary N) is 1. The number of hydrogen-bond donors (Lipinski definition) is 3. The number of carbonyl (C=O) groups excluding carboxylic acids is 1. The van der Waals surface area contributed by atoms with Gasteiger partial charge >= 0.3 is 0 Å². The number of carbonyl (C=O) groups is 1. The predicted octanol–water partition coefficient (Wildman–Crippen LogP) is -0.257. The van der Waals surface area contributed by atoms with Crippen LogP contribution in [0.3, 0.4) is 0 Å². The standard InChI is InChI=1S/C10H18N4O2/c1-2-3-9(15)5-12-10(16)7-14-6-8(11)4-13-14/h4,6,9,15H,2-3,5,7,11H2,1H3,(H,12,16). The first-order valence-corrected chi connectivity index (χ1v) is 5.34. The number of aliphatic hydroxyl groups excluding tert-OH is 1. The van der Waals surface area contributed by atoms with E-state index < -0.39 is 6.10 Å². The molecule has 6 heteroatoms. The van der Waals surface area contributed by atoms with E-state index in [9.17, 15) is 9.90 Å². The third kappa shape index (κ3) is 4.31. The highest BCUT2D eigenvalue weighted by atomic mass is 16.3.